The van der Waals surface area contributed by atoms with Gasteiger partial charge >= 0.3 is 0 Å². The van der Waals surface area contributed by atoms with Crippen LogP contribution in [0.2, 0.25) is 0 Å². The van der Waals surface area contributed by atoms with Gasteiger partial charge in [0.05, 0.1) is 27.9 Å². The van der Waals surface area contributed by atoms with Crippen LogP contribution in [0.5, 0.6) is 0 Å². The van der Waals surface area contributed by atoms with Gasteiger partial charge in [-0.05, 0) is 112 Å². The molecule has 0 amide bonds. The summed E-state index contributed by atoms with van der Waals surface area (Å²) in [6.07, 6.45) is 6.14. The lowest BCUT2D eigenvalue weighted by atomic mass is 9.95. The van der Waals surface area contributed by atoms with Gasteiger partial charge in [0.25, 0.3) is 0 Å². The summed E-state index contributed by atoms with van der Waals surface area (Å²) in [7, 11) is 0. The molecular formula is C69H49N5. The standard InChI is InChI=1S/C69H49N5/c1-4-20-46(21-5-1)49-26-18-28-51(42-49)59-44-53(38-40-65(59)73-61-34-14-10-30-55(61)56-31-11-15-35-62(56)73)68-70-67(48-24-8-3-9-25-48)71-69(72-68)54-39-41-66(74-63-36-16-12-32-57(63)58-33-13-17-37-64(58)74)60(45-54)52-29-19-27-50(43-52)47-22-6-2-7-23-47/h1-16,18-36,38-45,69H,17,37H2,(H,70,71,72). The van der Waals surface area contributed by atoms with E-state index in [1.54, 1.807) is 0 Å². The largest absolute Gasteiger partial charge is 0.344 e. The van der Waals surface area contributed by atoms with Crippen LogP contribution in [-0.4, -0.2) is 20.8 Å². The van der Waals surface area contributed by atoms with Crippen molar-refractivity contribution in [1.29, 1.82) is 0 Å². The lowest BCUT2D eigenvalue weighted by Gasteiger charge is -2.26. The van der Waals surface area contributed by atoms with Gasteiger partial charge in [-0.1, -0.05) is 200 Å². The minimum atomic E-state index is -0.456. The highest BCUT2D eigenvalue weighted by Gasteiger charge is 2.26. The van der Waals surface area contributed by atoms with Crippen molar-refractivity contribution >= 4 is 50.5 Å². The molecule has 5 nitrogen and oxygen atoms in total. The second kappa shape index (κ2) is 18.2. The number of amidine groups is 2. The molecule has 0 saturated heterocycles. The van der Waals surface area contributed by atoms with Crippen molar-refractivity contribution in [3.63, 3.8) is 0 Å². The van der Waals surface area contributed by atoms with E-state index in [2.05, 4.69) is 269 Å². The molecule has 0 spiro atoms. The molecule has 5 heteroatoms. The minimum Gasteiger partial charge on any atom is -0.344 e. The number of hydrogen-bond acceptors (Lipinski definition) is 3. The van der Waals surface area contributed by atoms with E-state index >= 15 is 0 Å². The van der Waals surface area contributed by atoms with E-state index in [4.69, 9.17) is 9.98 Å². The van der Waals surface area contributed by atoms with E-state index < -0.39 is 6.17 Å². The van der Waals surface area contributed by atoms with Gasteiger partial charge in [0, 0.05) is 49.7 Å². The molecule has 0 radical (unpaired) electrons. The number of allylic oxidation sites excluding steroid dienone is 1. The Kier molecular flexibility index (Phi) is 10.7. The second-order valence-corrected chi connectivity index (χ2v) is 19.3. The number of rotatable bonds is 9. The van der Waals surface area contributed by atoms with E-state index in [-0.39, 0.29) is 0 Å². The number of hydrogen-bond donors (Lipinski definition) is 1. The van der Waals surface area contributed by atoms with Crippen LogP contribution in [0.1, 0.15) is 40.5 Å². The minimum absolute atomic E-state index is 0.456. The molecule has 2 aromatic heterocycles. The first-order chi connectivity index (χ1) is 36.7. The smallest absolute Gasteiger partial charge is 0.159 e. The predicted molar refractivity (Wildman–Crippen MR) is 309 cm³/mol. The second-order valence-electron chi connectivity index (χ2n) is 19.3. The van der Waals surface area contributed by atoms with Crippen LogP contribution in [0.4, 0.5) is 0 Å². The highest BCUT2D eigenvalue weighted by atomic mass is 15.2. The molecule has 1 unspecified atom stereocenters. The fourth-order valence-corrected chi connectivity index (χ4v) is 11.4. The van der Waals surface area contributed by atoms with Crippen molar-refractivity contribution in [2.45, 2.75) is 19.0 Å². The molecule has 1 atom stereocenters. The number of aliphatic imine (C=N–C) groups is 2. The average Bonchev–Trinajstić information content (AvgIpc) is 4.03. The topological polar surface area (TPSA) is 46.6 Å². The maximum Gasteiger partial charge on any atom is 0.159 e. The molecule has 14 rings (SSSR count). The average molecular weight is 948 g/mol. The summed E-state index contributed by atoms with van der Waals surface area (Å²) in [6, 6.07) is 89.6. The van der Waals surface area contributed by atoms with Gasteiger partial charge in [-0.25, -0.2) is 9.98 Å². The summed E-state index contributed by atoms with van der Waals surface area (Å²) in [5, 5.41) is 7.62. The summed E-state index contributed by atoms with van der Waals surface area (Å²) in [5.74, 6) is 1.43. The Balaban J connectivity index is 0.949. The first-order valence-electron chi connectivity index (χ1n) is 25.6. The van der Waals surface area contributed by atoms with Crippen molar-refractivity contribution in [1.82, 2.24) is 14.5 Å². The molecule has 0 saturated carbocycles. The number of benzene rings is 10. The Hall–Kier alpha value is -9.58. The summed E-state index contributed by atoms with van der Waals surface area (Å²) in [4.78, 5) is 10.9. The van der Waals surface area contributed by atoms with Gasteiger partial charge in [0.2, 0.25) is 0 Å². The van der Waals surface area contributed by atoms with Crippen LogP contribution in [0.3, 0.4) is 0 Å². The zero-order valence-corrected chi connectivity index (χ0v) is 40.6. The van der Waals surface area contributed by atoms with Crippen LogP contribution in [-0.2, 0) is 6.42 Å². The first kappa shape index (κ1) is 43.2. The molecule has 0 bridgehead atoms. The van der Waals surface area contributed by atoms with E-state index in [9.17, 15) is 0 Å². The van der Waals surface area contributed by atoms with Crippen LogP contribution in [0.15, 0.2) is 265 Å². The van der Waals surface area contributed by atoms with Gasteiger partial charge in [0.15, 0.2) is 5.84 Å². The Morgan fingerprint density at radius 2 is 0.892 bits per heavy atom. The van der Waals surface area contributed by atoms with Crippen LogP contribution in [0, 0.1) is 0 Å². The van der Waals surface area contributed by atoms with Crippen LogP contribution >= 0.6 is 0 Å². The van der Waals surface area contributed by atoms with Crippen molar-refractivity contribution in [2.75, 3.05) is 0 Å². The van der Waals surface area contributed by atoms with E-state index in [1.807, 2.05) is 6.07 Å². The van der Waals surface area contributed by atoms with Crippen molar-refractivity contribution in [3.05, 3.63) is 283 Å². The summed E-state index contributed by atoms with van der Waals surface area (Å²) in [6.45, 7) is 0. The van der Waals surface area contributed by atoms with Crippen LogP contribution < -0.4 is 5.32 Å². The van der Waals surface area contributed by atoms with Crippen molar-refractivity contribution < 1.29 is 0 Å². The summed E-state index contributed by atoms with van der Waals surface area (Å²) >= 11 is 0. The number of para-hydroxylation sites is 3. The van der Waals surface area contributed by atoms with Crippen molar-refractivity contribution in [3.8, 4) is 55.9 Å². The lowest BCUT2D eigenvalue weighted by Crippen LogP contribution is -2.33. The molecule has 2 aliphatic rings. The van der Waals surface area contributed by atoms with E-state index in [0.29, 0.717) is 5.84 Å². The van der Waals surface area contributed by atoms with E-state index in [0.717, 1.165) is 85.6 Å². The number of fused-ring (bicyclic) bond motifs is 6. The van der Waals surface area contributed by atoms with E-state index in [1.165, 1.54) is 49.6 Å². The fourth-order valence-electron chi connectivity index (χ4n) is 11.4. The third-order valence-electron chi connectivity index (χ3n) is 14.9. The Labute approximate surface area is 430 Å². The molecule has 74 heavy (non-hydrogen) atoms. The Morgan fingerprint density at radius 3 is 1.53 bits per heavy atom. The molecule has 3 heterocycles. The number of aromatic nitrogens is 2. The van der Waals surface area contributed by atoms with Gasteiger partial charge in [-0.15, -0.1) is 0 Å². The SMILES string of the molecule is C1=Cc2c(n(-c3ccc(C4N=C(c5ccccc5)N=C(c5ccc(-n6c7ccccc7c7ccccc76)c(-c6cccc(-c7ccccc7)c6)c5)N4)cc3-c3cccc(-c4ccccc4)c3)c3ccccc23)CC1. The maximum atomic E-state index is 5.46. The first-order valence-corrected chi connectivity index (χ1v) is 25.6. The molecule has 1 aliphatic carbocycles. The van der Waals surface area contributed by atoms with Crippen molar-refractivity contribution in [2.24, 2.45) is 9.98 Å². The molecule has 10 aromatic carbocycles. The predicted octanol–water partition coefficient (Wildman–Crippen LogP) is 16.9. The highest BCUT2D eigenvalue weighted by Crippen LogP contribution is 2.41. The van der Waals surface area contributed by atoms with Gasteiger partial charge in [0.1, 0.15) is 12.0 Å². The molecule has 1 N–H and O–H groups in total. The maximum absolute atomic E-state index is 5.46. The zero-order valence-electron chi connectivity index (χ0n) is 40.6. The fraction of sp³-hybridized carbons (Fsp3) is 0.0435. The highest BCUT2D eigenvalue weighted by molar-refractivity contribution is 6.14. The molecule has 12 aromatic rings. The zero-order chi connectivity index (χ0) is 49.0. The molecule has 0 fully saturated rings. The summed E-state index contributed by atoms with van der Waals surface area (Å²) in [5.41, 5.74) is 20.6. The Morgan fingerprint density at radius 1 is 0.392 bits per heavy atom. The lowest BCUT2D eigenvalue weighted by molar-refractivity contribution is 0.674. The summed E-state index contributed by atoms with van der Waals surface area (Å²) < 4.78 is 4.93. The normalized spacial score (nSPS) is 14.2. The number of nitrogens with one attached hydrogen (secondary N) is 1. The molecule has 1 aliphatic heterocycles. The third-order valence-corrected chi connectivity index (χ3v) is 14.9. The number of nitrogens with zero attached hydrogens (tertiary/aromatic N) is 4. The van der Waals surface area contributed by atoms with Gasteiger partial charge < -0.3 is 14.5 Å². The quantitative estimate of drug-likeness (QED) is 0.154. The van der Waals surface area contributed by atoms with Gasteiger partial charge in [-0.2, -0.15) is 0 Å². The van der Waals surface area contributed by atoms with Gasteiger partial charge in [-0.3, -0.25) is 0 Å². The molecular weight excluding hydrogens is 899 g/mol. The third kappa shape index (κ3) is 7.57. The Bertz CT molecular complexity index is 4160. The van der Waals surface area contributed by atoms with Crippen LogP contribution in [0.25, 0.3) is 94.7 Å². The monoisotopic (exact) mass is 947 g/mol. The molecule has 350 valence electrons.